The Labute approximate surface area is 174 Å². The molecule has 0 unspecified atom stereocenters. The highest BCUT2D eigenvalue weighted by Gasteiger charge is 2.18. The molecular weight excluding hydrogens is 378 g/mol. The van der Waals surface area contributed by atoms with Crippen molar-refractivity contribution < 1.29 is 4.74 Å². The minimum absolute atomic E-state index is 0.124. The molecule has 154 valence electrons. The largest absolute Gasteiger partial charge is 0.496 e. The number of allylic oxidation sites excluding steroid dienone is 1. The van der Waals surface area contributed by atoms with Gasteiger partial charge >= 0.3 is 5.69 Å². The van der Waals surface area contributed by atoms with E-state index < -0.39 is 0 Å². The first kappa shape index (κ1) is 19.7. The highest BCUT2D eigenvalue weighted by Crippen LogP contribution is 2.34. The minimum Gasteiger partial charge on any atom is -0.496 e. The van der Waals surface area contributed by atoms with Gasteiger partial charge in [0.2, 0.25) is 0 Å². The molecule has 3 heterocycles. The van der Waals surface area contributed by atoms with Gasteiger partial charge < -0.3 is 9.64 Å². The van der Waals surface area contributed by atoms with Gasteiger partial charge in [-0.05, 0) is 37.6 Å². The Kier molecular flexibility index (Phi) is 5.03. The molecule has 0 spiro atoms. The molecule has 30 heavy (non-hydrogen) atoms. The summed E-state index contributed by atoms with van der Waals surface area (Å²) in [6.07, 6.45) is 7.21. The van der Waals surface area contributed by atoms with Crippen LogP contribution in [0.5, 0.6) is 5.75 Å². The third kappa shape index (κ3) is 3.12. The molecule has 4 aromatic rings. The zero-order valence-corrected chi connectivity index (χ0v) is 17.9. The lowest BCUT2D eigenvalue weighted by Crippen LogP contribution is -2.20. The molecular formula is C23H25N5O2. The first-order valence-electron chi connectivity index (χ1n) is 9.83. The summed E-state index contributed by atoms with van der Waals surface area (Å²) in [4.78, 5) is 23.9. The average molecular weight is 403 g/mol. The third-order valence-electron chi connectivity index (χ3n) is 5.46. The van der Waals surface area contributed by atoms with Gasteiger partial charge in [0.05, 0.1) is 35.5 Å². The number of hydrogen-bond donors (Lipinski definition) is 0. The number of pyridine rings is 2. The maximum atomic E-state index is 13.1. The predicted octanol–water partition coefficient (Wildman–Crippen LogP) is 3.59. The number of fused-ring (bicyclic) bond motifs is 3. The summed E-state index contributed by atoms with van der Waals surface area (Å²) in [6, 6.07) is 7.66. The van der Waals surface area contributed by atoms with Crippen molar-refractivity contribution in [2.24, 2.45) is 7.05 Å². The number of imidazole rings is 1. The monoisotopic (exact) mass is 403 g/mol. The van der Waals surface area contributed by atoms with E-state index in [1.54, 1.807) is 41.9 Å². The number of aromatic nitrogens is 4. The molecule has 0 saturated carbocycles. The number of aryl methyl sites for hydroxylation is 1. The average Bonchev–Trinajstić information content (AvgIpc) is 3.03. The van der Waals surface area contributed by atoms with E-state index >= 15 is 0 Å². The summed E-state index contributed by atoms with van der Waals surface area (Å²) in [5.74, 6) is 0.751. The molecule has 0 saturated heterocycles. The van der Waals surface area contributed by atoms with Crippen LogP contribution in [0, 0.1) is 0 Å². The van der Waals surface area contributed by atoms with E-state index in [2.05, 4.69) is 41.0 Å². The Morgan fingerprint density at radius 3 is 2.67 bits per heavy atom. The van der Waals surface area contributed by atoms with Crippen LogP contribution in [0.15, 0.2) is 53.9 Å². The van der Waals surface area contributed by atoms with Crippen LogP contribution in [0.3, 0.4) is 0 Å². The van der Waals surface area contributed by atoms with Gasteiger partial charge in [0.15, 0.2) is 0 Å². The molecule has 0 atom stereocenters. The predicted molar refractivity (Wildman–Crippen MR) is 120 cm³/mol. The maximum Gasteiger partial charge on any atom is 0.333 e. The van der Waals surface area contributed by atoms with E-state index in [1.165, 1.54) is 0 Å². The Hall–Kier alpha value is -3.61. The lowest BCUT2D eigenvalue weighted by Gasteiger charge is -2.16. The quantitative estimate of drug-likeness (QED) is 0.509. The molecule has 7 heteroatoms. The standard InChI is InChI=1S/C23H25N5O2/c1-6-26(3)14-15(2)17-11-18-19(12-21(17)30-5)25-13-20-22(18)28(23(29)27(20)4)16-7-9-24-10-8-16/h7-14H,6H2,1-5H3/b15-14+. The van der Waals surface area contributed by atoms with Crippen molar-refractivity contribution in [2.45, 2.75) is 13.8 Å². The van der Waals surface area contributed by atoms with Gasteiger partial charge in [-0.2, -0.15) is 0 Å². The van der Waals surface area contributed by atoms with Crippen molar-refractivity contribution in [3.63, 3.8) is 0 Å². The Bertz CT molecular complexity index is 1320. The highest BCUT2D eigenvalue weighted by atomic mass is 16.5. The van der Waals surface area contributed by atoms with Crippen LogP contribution in [0.4, 0.5) is 0 Å². The van der Waals surface area contributed by atoms with E-state index in [9.17, 15) is 4.79 Å². The van der Waals surface area contributed by atoms with Crippen molar-refractivity contribution in [1.82, 2.24) is 24.0 Å². The van der Waals surface area contributed by atoms with Gasteiger partial charge in [-0.15, -0.1) is 0 Å². The van der Waals surface area contributed by atoms with Crippen molar-refractivity contribution in [2.75, 3.05) is 20.7 Å². The van der Waals surface area contributed by atoms with E-state index in [-0.39, 0.29) is 5.69 Å². The van der Waals surface area contributed by atoms with Gasteiger partial charge in [0.1, 0.15) is 5.75 Å². The summed E-state index contributed by atoms with van der Waals surface area (Å²) in [5, 5.41) is 0.893. The van der Waals surface area contributed by atoms with Crippen LogP contribution < -0.4 is 10.4 Å². The molecule has 3 aromatic heterocycles. The highest BCUT2D eigenvalue weighted by molar-refractivity contribution is 6.05. The number of nitrogens with zero attached hydrogens (tertiary/aromatic N) is 5. The summed E-state index contributed by atoms with van der Waals surface area (Å²) in [5.41, 5.74) is 5.05. The second-order valence-corrected chi connectivity index (χ2v) is 7.33. The van der Waals surface area contributed by atoms with Crippen LogP contribution in [0.1, 0.15) is 19.4 Å². The van der Waals surface area contributed by atoms with Crippen LogP contribution in [-0.2, 0) is 7.05 Å². The van der Waals surface area contributed by atoms with E-state index in [0.717, 1.165) is 51.1 Å². The summed E-state index contributed by atoms with van der Waals surface area (Å²) in [6.45, 7) is 5.07. The fourth-order valence-corrected chi connectivity index (χ4v) is 3.73. The molecule has 0 fully saturated rings. The van der Waals surface area contributed by atoms with Gasteiger partial charge in [-0.3, -0.25) is 19.1 Å². The second-order valence-electron chi connectivity index (χ2n) is 7.33. The number of ether oxygens (including phenoxy) is 1. The fraction of sp³-hybridized carbons (Fsp3) is 0.261. The van der Waals surface area contributed by atoms with E-state index in [0.29, 0.717) is 0 Å². The molecule has 7 nitrogen and oxygen atoms in total. The topological polar surface area (TPSA) is 65.2 Å². The first-order valence-corrected chi connectivity index (χ1v) is 9.83. The molecule has 0 N–H and O–H groups in total. The van der Waals surface area contributed by atoms with Crippen molar-refractivity contribution in [3.05, 3.63) is 65.1 Å². The summed E-state index contributed by atoms with van der Waals surface area (Å²) < 4.78 is 9.01. The number of methoxy groups -OCH3 is 1. The number of benzene rings is 1. The van der Waals surface area contributed by atoms with Crippen molar-refractivity contribution >= 4 is 27.5 Å². The Morgan fingerprint density at radius 2 is 2.00 bits per heavy atom. The zero-order chi connectivity index (χ0) is 21.4. The molecule has 0 aliphatic heterocycles. The van der Waals surface area contributed by atoms with Crippen molar-refractivity contribution in [1.29, 1.82) is 0 Å². The van der Waals surface area contributed by atoms with Gasteiger partial charge in [-0.25, -0.2) is 4.79 Å². The molecule has 4 rings (SSSR count). The smallest absolute Gasteiger partial charge is 0.333 e. The molecule has 0 amide bonds. The molecule has 0 bridgehead atoms. The van der Waals surface area contributed by atoms with E-state index in [1.807, 2.05) is 25.2 Å². The summed E-state index contributed by atoms with van der Waals surface area (Å²) in [7, 11) is 5.46. The van der Waals surface area contributed by atoms with Crippen LogP contribution in [-0.4, -0.2) is 44.7 Å². The number of hydrogen-bond acceptors (Lipinski definition) is 5. The maximum absolute atomic E-state index is 13.1. The minimum atomic E-state index is -0.124. The Balaban J connectivity index is 2.11. The lowest BCUT2D eigenvalue weighted by molar-refractivity contribution is 0.413. The molecule has 0 aliphatic carbocycles. The Morgan fingerprint density at radius 1 is 1.27 bits per heavy atom. The number of rotatable bonds is 5. The fourth-order valence-electron chi connectivity index (χ4n) is 3.73. The van der Waals surface area contributed by atoms with Crippen LogP contribution >= 0.6 is 0 Å². The van der Waals surface area contributed by atoms with Gasteiger partial charge in [-0.1, -0.05) is 0 Å². The lowest BCUT2D eigenvalue weighted by atomic mass is 10.0. The van der Waals surface area contributed by atoms with Gasteiger partial charge in [0, 0.05) is 56.2 Å². The zero-order valence-electron chi connectivity index (χ0n) is 17.9. The van der Waals surface area contributed by atoms with Crippen LogP contribution in [0.2, 0.25) is 0 Å². The van der Waals surface area contributed by atoms with Gasteiger partial charge in [0.25, 0.3) is 0 Å². The SMILES string of the molecule is CCN(C)/C=C(\C)c1cc2c(cc1OC)ncc1c2n(-c2ccncc2)c(=O)n1C. The summed E-state index contributed by atoms with van der Waals surface area (Å²) >= 11 is 0. The normalized spacial score (nSPS) is 12.0. The molecule has 1 aromatic carbocycles. The first-order chi connectivity index (χ1) is 14.5. The van der Waals surface area contributed by atoms with Crippen LogP contribution in [0.25, 0.3) is 33.2 Å². The van der Waals surface area contributed by atoms with Crippen molar-refractivity contribution in [3.8, 4) is 11.4 Å². The third-order valence-corrected chi connectivity index (χ3v) is 5.46. The molecule has 0 radical (unpaired) electrons. The van der Waals surface area contributed by atoms with E-state index in [4.69, 9.17) is 4.74 Å². The second kappa shape index (κ2) is 7.67. The molecule has 0 aliphatic rings.